The minimum absolute atomic E-state index is 0.0531. The Balaban J connectivity index is 1.03. The summed E-state index contributed by atoms with van der Waals surface area (Å²) in [6.07, 6.45) is 0. The number of aliphatic hydroxyl groups excluding tert-OH is 2. The molecule has 0 radical (unpaired) electrons. The van der Waals surface area contributed by atoms with Gasteiger partial charge in [-0.15, -0.1) is 0 Å². The quantitative estimate of drug-likeness (QED) is 0.126. The molecule has 0 fully saturated rings. The second-order valence-electron chi connectivity index (χ2n) is 18.1. The van der Waals surface area contributed by atoms with E-state index in [2.05, 4.69) is 137 Å². The molecule has 10 aromatic carbocycles. The Labute approximate surface area is 419 Å². The maximum atomic E-state index is 17.8. The number of para-hydroxylation sites is 2. The molecule has 352 valence electrons. The SMILES string of the molecule is COc1ccc(N(c2ccc(OC)cc2)c2ccccc2-c2ccc3c(c2)-c2ccccc2S32(=O)c3ccccc3-c3cc(-c4ccccc4N(c4ccc(CO)cc4)c4ccc(CO)cc4)ccc32)cc1. The van der Waals surface area contributed by atoms with Crippen molar-refractivity contribution in [2.45, 2.75) is 32.8 Å². The number of nitrogens with zero attached hydrogens (tertiary/aromatic N) is 2. The zero-order chi connectivity index (χ0) is 49.0. The summed E-state index contributed by atoms with van der Waals surface area (Å²) in [5, 5.41) is 19.8. The number of rotatable bonds is 12. The molecule has 12 rings (SSSR count). The highest BCUT2D eigenvalue weighted by Crippen LogP contribution is 2.71. The monoisotopic (exact) mass is 958 g/mol. The average Bonchev–Trinajstić information content (AvgIpc) is 3.83. The summed E-state index contributed by atoms with van der Waals surface area (Å²) in [6.45, 7) is -0.106. The number of hydrogen-bond acceptors (Lipinski definition) is 7. The van der Waals surface area contributed by atoms with Crippen LogP contribution >= 0.6 is 0 Å². The molecule has 10 aromatic rings. The van der Waals surface area contributed by atoms with Crippen molar-refractivity contribution in [3.8, 4) is 56.0 Å². The smallest absolute Gasteiger partial charge is 0.119 e. The molecule has 2 aliphatic heterocycles. The van der Waals surface area contributed by atoms with Crippen LogP contribution in [-0.4, -0.2) is 28.6 Å². The van der Waals surface area contributed by atoms with E-state index in [1.807, 2.05) is 103 Å². The summed E-state index contributed by atoms with van der Waals surface area (Å²) in [7, 11) is -0.861. The lowest BCUT2D eigenvalue weighted by Crippen LogP contribution is -2.30. The van der Waals surface area contributed by atoms with Crippen molar-refractivity contribution >= 4 is 43.2 Å². The minimum atomic E-state index is -4.21. The van der Waals surface area contributed by atoms with E-state index >= 15 is 4.21 Å². The normalized spacial score (nSPS) is 13.8. The number of hydrogen-bond donors (Lipinski definition) is 2. The van der Waals surface area contributed by atoms with E-state index in [-0.39, 0.29) is 13.2 Å². The molecular formula is C64H50N2O5S. The number of ether oxygens (including phenoxy) is 2. The average molecular weight is 959 g/mol. The largest absolute Gasteiger partial charge is 0.497 e. The first-order chi connectivity index (χ1) is 35.3. The molecule has 0 amide bonds. The van der Waals surface area contributed by atoms with Gasteiger partial charge in [-0.2, -0.15) is 0 Å². The Hall–Kier alpha value is -8.53. The minimum Gasteiger partial charge on any atom is -0.497 e. The van der Waals surface area contributed by atoms with Crippen LogP contribution in [0.25, 0.3) is 44.5 Å². The molecule has 72 heavy (non-hydrogen) atoms. The van der Waals surface area contributed by atoms with Gasteiger partial charge in [0.25, 0.3) is 0 Å². The predicted octanol–water partition coefficient (Wildman–Crippen LogP) is 15.3. The second kappa shape index (κ2) is 17.7. The van der Waals surface area contributed by atoms with Gasteiger partial charge in [0.05, 0.1) is 38.8 Å². The van der Waals surface area contributed by atoms with Crippen molar-refractivity contribution in [3.63, 3.8) is 0 Å². The molecular weight excluding hydrogens is 909 g/mol. The summed E-state index contributed by atoms with van der Waals surface area (Å²) in [6, 6.07) is 78.3. The zero-order valence-electron chi connectivity index (χ0n) is 39.8. The van der Waals surface area contributed by atoms with Crippen molar-refractivity contribution in [2.24, 2.45) is 0 Å². The third kappa shape index (κ3) is 6.83. The highest BCUT2D eigenvalue weighted by molar-refractivity contribution is 8.21. The van der Waals surface area contributed by atoms with E-state index in [9.17, 15) is 10.2 Å². The first kappa shape index (κ1) is 44.7. The lowest BCUT2D eigenvalue weighted by atomic mass is 9.97. The van der Waals surface area contributed by atoms with Gasteiger partial charge in [-0.25, -0.2) is 0 Å². The molecule has 2 aliphatic rings. The van der Waals surface area contributed by atoms with Crippen LogP contribution in [0.15, 0.2) is 250 Å². The summed E-state index contributed by atoms with van der Waals surface area (Å²) in [5.41, 5.74) is 15.1. The van der Waals surface area contributed by atoms with Crippen LogP contribution in [-0.2, 0) is 22.3 Å². The number of anilines is 6. The van der Waals surface area contributed by atoms with Crippen LogP contribution in [0.3, 0.4) is 0 Å². The van der Waals surface area contributed by atoms with Crippen LogP contribution in [0.5, 0.6) is 11.5 Å². The third-order valence-corrected chi connectivity index (χ3v) is 19.1. The third-order valence-electron chi connectivity index (χ3n) is 14.3. The molecule has 0 bridgehead atoms. The Morgan fingerprint density at radius 3 is 1.04 bits per heavy atom. The highest BCUT2D eigenvalue weighted by Gasteiger charge is 2.57. The van der Waals surface area contributed by atoms with E-state index in [1.165, 1.54) is 0 Å². The molecule has 1 spiro atoms. The Bertz CT molecular complexity index is 3420. The molecule has 7 nitrogen and oxygen atoms in total. The maximum Gasteiger partial charge on any atom is 0.119 e. The van der Waals surface area contributed by atoms with Gasteiger partial charge in [0.2, 0.25) is 0 Å². The van der Waals surface area contributed by atoms with Crippen LogP contribution in [0.2, 0.25) is 0 Å². The molecule has 0 saturated heterocycles. The van der Waals surface area contributed by atoms with E-state index in [1.54, 1.807) is 14.2 Å². The van der Waals surface area contributed by atoms with Gasteiger partial charge in [0, 0.05) is 62.5 Å². The van der Waals surface area contributed by atoms with E-state index in [0.717, 1.165) is 121 Å². The fraction of sp³-hybridized carbons (Fsp3) is 0.0625. The van der Waals surface area contributed by atoms with Gasteiger partial charge >= 0.3 is 0 Å². The van der Waals surface area contributed by atoms with E-state index in [4.69, 9.17) is 9.47 Å². The number of benzene rings is 10. The first-order valence-corrected chi connectivity index (χ1v) is 25.9. The van der Waals surface area contributed by atoms with Gasteiger partial charge < -0.3 is 29.5 Å². The Morgan fingerprint density at radius 1 is 0.361 bits per heavy atom. The topological polar surface area (TPSA) is 82.5 Å². The molecule has 2 N–H and O–H groups in total. The molecule has 0 aliphatic carbocycles. The molecule has 2 heterocycles. The molecule has 0 unspecified atom stereocenters. The predicted molar refractivity (Wildman–Crippen MR) is 290 cm³/mol. The van der Waals surface area contributed by atoms with Crippen molar-refractivity contribution in [3.05, 3.63) is 242 Å². The Morgan fingerprint density at radius 2 is 0.681 bits per heavy atom. The number of aliphatic hydroxyl groups is 2. The van der Waals surface area contributed by atoms with Gasteiger partial charge in [0.15, 0.2) is 0 Å². The van der Waals surface area contributed by atoms with Gasteiger partial charge in [-0.05, 0) is 166 Å². The summed E-state index contributed by atoms with van der Waals surface area (Å²) in [4.78, 5) is 7.69. The standard InChI is InChI=1S/C64H50N2O5S/c1-70-51-33-29-49(30-34-51)66(50-31-35-52(71-2)36-32-50)60-16-8-4-12-54(60)46-24-38-64-58(40-46)56-14-6-10-18-62(56)72(64,69)61-17-9-5-13-55(61)57-39-45(23-37-63(57)72)53-11-3-7-15-59(53)65(47-25-19-43(41-67)20-26-47)48-27-21-44(42-68)22-28-48/h3-40,67-68H,41-42H2,1-2H3. The highest BCUT2D eigenvalue weighted by atomic mass is 32.3. The zero-order valence-corrected chi connectivity index (χ0v) is 40.6. The molecule has 0 saturated carbocycles. The van der Waals surface area contributed by atoms with Gasteiger partial charge in [-0.1, -0.05) is 109 Å². The number of methoxy groups -OCH3 is 2. The molecule has 8 heteroatoms. The van der Waals surface area contributed by atoms with Gasteiger partial charge in [0.1, 0.15) is 11.5 Å². The van der Waals surface area contributed by atoms with E-state index < -0.39 is 9.07 Å². The summed E-state index contributed by atoms with van der Waals surface area (Å²) in [5.74, 6) is 1.54. The van der Waals surface area contributed by atoms with Gasteiger partial charge in [-0.3, -0.25) is 4.21 Å². The first-order valence-electron chi connectivity index (χ1n) is 24.0. The maximum absolute atomic E-state index is 17.8. The van der Waals surface area contributed by atoms with Crippen molar-refractivity contribution < 1.29 is 23.9 Å². The Kier molecular flexibility index (Phi) is 11.0. The van der Waals surface area contributed by atoms with Crippen LogP contribution < -0.4 is 19.3 Å². The summed E-state index contributed by atoms with van der Waals surface area (Å²) < 4.78 is 28.9. The lowest BCUT2D eigenvalue weighted by Gasteiger charge is -2.38. The van der Waals surface area contributed by atoms with Crippen molar-refractivity contribution in [1.82, 2.24) is 0 Å². The molecule has 0 aromatic heterocycles. The second-order valence-corrected chi connectivity index (χ2v) is 21.8. The van der Waals surface area contributed by atoms with Crippen molar-refractivity contribution in [2.75, 3.05) is 24.0 Å². The van der Waals surface area contributed by atoms with E-state index in [0.29, 0.717) is 0 Å². The fourth-order valence-corrected chi connectivity index (χ4v) is 16.0. The van der Waals surface area contributed by atoms with Crippen LogP contribution in [0.1, 0.15) is 11.1 Å². The fourth-order valence-electron chi connectivity index (χ4n) is 10.9. The van der Waals surface area contributed by atoms with Crippen molar-refractivity contribution in [1.29, 1.82) is 0 Å². The van der Waals surface area contributed by atoms with Crippen LogP contribution in [0.4, 0.5) is 34.1 Å². The lowest BCUT2D eigenvalue weighted by molar-refractivity contribution is 0.281. The summed E-state index contributed by atoms with van der Waals surface area (Å²) >= 11 is 0. The molecule has 0 atom stereocenters. The number of fused-ring (bicyclic) bond motifs is 10. The van der Waals surface area contributed by atoms with Crippen LogP contribution in [0, 0.1) is 0 Å².